The van der Waals surface area contributed by atoms with Gasteiger partial charge in [-0.25, -0.2) is 4.39 Å². The van der Waals surface area contributed by atoms with Crippen LogP contribution in [-0.2, 0) is 4.79 Å². The zero-order chi connectivity index (χ0) is 12.6. The fourth-order valence-electron chi connectivity index (χ4n) is 2.04. The summed E-state index contributed by atoms with van der Waals surface area (Å²) >= 11 is 5.61. The van der Waals surface area contributed by atoms with Crippen molar-refractivity contribution in [2.45, 2.75) is 13.3 Å². The molecule has 0 spiro atoms. The predicted molar refractivity (Wildman–Crippen MR) is 64.0 cm³/mol. The lowest BCUT2D eigenvalue weighted by atomic mass is 9.90. The van der Waals surface area contributed by atoms with Crippen molar-refractivity contribution in [2.24, 2.45) is 5.41 Å². The molecule has 0 saturated carbocycles. The summed E-state index contributed by atoms with van der Waals surface area (Å²) in [5.41, 5.74) is -0.0762. The molecule has 1 aliphatic heterocycles. The maximum absolute atomic E-state index is 13.3. The lowest BCUT2D eigenvalue weighted by Gasteiger charge is -2.21. The molecule has 1 N–H and O–H groups in total. The van der Waals surface area contributed by atoms with Crippen LogP contribution < -0.4 is 4.90 Å². The Kier molecular flexibility index (Phi) is 3.00. The van der Waals surface area contributed by atoms with Gasteiger partial charge in [0.1, 0.15) is 5.82 Å². The maximum Gasteiger partial charge on any atom is 0.311 e. The van der Waals surface area contributed by atoms with Crippen molar-refractivity contribution >= 4 is 23.3 Å². The van der Waals surface area contributed by atoms with Crippen molar-refractivity contribution in [1.82, 2.24) is 0 Å². The van der Waals surface area contributed by atoms with E-state index in [0.717, 1.165) is 0 Å². The van der Waals surface area contributed by atoms with Gasteiger partial charge in [0.05, 0.1) is 10.4 Å². The minimum atomic E-state index is -0.811. The van der Waals surface area contributed by atoms with Gasteiger partial charge < -0.3 is 10.0 Å². The van der Waals surface area contributed by atoms with E-state index in [1.807, 2.05) is 4.90 Å². The molecule has 3 nitrogen and oxygen atoms in total. The Morgan fingerprint density at radius 2 is 2.29 bits per heavy atom. The van der Waals surface area contributed by atoms with Crippen LogP contribution in [0.4, 0.5) is 10.1 Å². The number of benzene rings is 1. The maximum atomic E-state index is 13.3. The van der Waals surface area contributed by atoms with E-state index in [1.165, 1.54) is 12.1 Å². The normalized spacial score (nSPS) is 24.1. The molecule has 0 aromatic heterocycles. The van der Waals surface area contributed by atoms with E-state index in [0.29, 0.717) is 25.2 Å². The summed E-state index contributed by atoms with van der Waals surface area (Å²) in [6.45, 7) is 2.72. The largest absolute Gasteiger partial charge is 0.481 e. The molecule has 0 radical (unpaired) electrons. The lowest BCUT2D eigenvalue weighted by Crippen LogP contribution is -2.31. The van der Waals surface area contributed by atoms with Crippen molar-refractivity contribution in [3.8, 4) is 0 Å². The van der Waals surface area contributed by atoms with Gasteiger partial charge in [-0.1, -0.05) is 11.6 Å². The van der Waals surface area contributed by atoms with Gasteiger partial charge in [0.2, 0.25) is 0 Å². The minimum absolute atomic E-state index is 0.0777. The molecule has 1 atom stereocenters. The summed E-state index contributed by atoms with van der Waals surface area (Å²) in [4.78, 5) is 13.0. The highest BCUT2D eigenvalue weighted by Crippen LogP contribution is 2.34. The second-order valence-corrected chi connectivity index (χ2v) is 5.04. The summed E-state index contributed by atoms with van der Waals surface area (Å²) < 4.78 is 13.3. The van der Waals surface area contributed by atoms with Gasteiger partial charge in [-0.2, -0.15) is 0 Å². The van der Waals surface area contributed by atoms with E-state index in [1.54, 1.807) is 13.0 Å². The first-order chi connectivity index (χ1) is 7.92. The van der Waals surface area contributed by atoms with Gasteiger partial charge in [-0.3, -0.25) is 4.79 Å². The van der Waals surface area contributed by atoms with Gasteiger partial charge in [0.25, 0.3) is 0 Å². The van der Waals surface area contributed by atoms with Crippen LogP contribution in [0.2, 0.25) is 5.02 Å². The molecule has 5 heteroatoms. The van der Waals surface area contributed by atoms with Crippen molar-refractivity contribution in [1.29, 1.82) is 0 Å². The lowest BCUT2D eigenvalue weighted by molar-refractivity contribution is -0.146. The molecule has 1 aliphatic rings. The molecule has 92 valence electrons. The second-order valence-electron chi connectivity index (χ2n) is 4.64. The number of aliphatic carboxylic acids is 1. The van der Waals surface area contributed by atoms with Crippen LogP contribution in [0.5, 0.6) is 0 Å². The Bertz CT molecular complexity index is 466. The van der Waals surface area contributed by atoms with Crippen LogP contribution in [-0.4, -0.2) is 24.2 Å². The Morgan fingerprint density at radius 1 is 1.59 bits per heavy atom. The number of hydrogen-bond acceptors (Lipinski definition) is 2. The first kappa shape index (κ1) is 12.2. The summed E-state index contributed by atoms with van der Waals surface area (Å²) in [6, 6.07) is 4.54. The van der Waals surface area contributed by atoms with Crippen LogP contribution in [0, 0.1) is 11.2 Å². The number of carboxylic acids is 1. The molecule has 1 unspecified atom stereocenters. The van der Waals surface area contributed by atoms with Crippen LogP contribution >= 0.6 is 11.6 Å². The van der Waals surface area contributed by atoms with E-state index in [4.69, 9.17) is 16.7 Å². The van der Waals surface area contributed by atoms with Crippen molar-refractivity contribution in [3.05, 3.63) is 29.0 Å². The first-order valence-corrected chi connectivity index (χ1v) is 5.73. The average molecular weight is 258 g/mol. The summed E-state index contributed by atoms with van der Waals surface area (Å²) in [5, 5.41) is 9.19. The van der Waals surface area contributed by atoms with E-state index in [9.17, 15) is 9.18 Å². The zero-order valence-electron chi connectivity index (χ0n) is 9.41. The molecule has 1 aromatic carbocycles. The molecule has 1 heterocycles. The molecule has 1 aromatic rings. The third-order valence-corrected chi connectivity index (χ3v) is 3.56. The van der Waals surface area contributed by atoms with Crippen LogP contribution in [0.3, 0.4) is 0 Å². The highest BCUT2D eigenvalue weighted by atomic mass is 35.5. The van der Waals surface area contributed by atoms with E-state index in [2.05, 4.69) is 0 Å². The zero-order valence-corrected chi connectivity index (χ0v) is 10.2. The minimum Gasteiger partial charge on any atom is -0.481 e. The summed E-state index contributed by atoms with van der Waals surface area (Å²) in [7, 11) is 0. The summed E-state index contributed by atoms with van der Waals surface area (Å²) in [5.74, 6) is -1.29. The highest BCUT2D eigenvalue weighted by Gasteiger charge is 2.40. The van der Waals surface area contributed by atoms with Crippen LogP contribution in [0.25, 0.3) is 0 Å². The fraction of sp³-hybridized carbons (Fsp3) is 0.417. The second kappa shape index (κ2) is 4.18. The summed E-state index contributed by atoms with van der Waals surface area (Å²) in [6.07, 6.45) is 0.562. The molecule has 2 rings (SSSR count). The fourth-order valence-corrected chi connectivity index (χ4v) is 2.16. The number of nitrogens with zero attached hydrogens (tertiary/aromatic N) is 1. The average Bonchev–Trinajstić information content (AvgIpc) is 2.67. The molecule has 0 amide bonds. The molecule has 0 bridgehead atoms. The molecule has 1 saturated heterocycles. The number of halogens is 2. The molecule has 0 aliphatic carbocycles. The number of anilines is 1. The number of carbonyl (C=O) groups is 1. The monoisotopic (exact) mass is 257 g/mol. The van der Waals surface area contributed by atoms with Gasteiger partial charge in [0, 0.05) is 18.8 Å². The Labute approximate surface area is 104 Å². The van der Waals surface area contributed by atoms with Gasteiger partial charge in [0.15, 0.2) is 0 Å². The quantitative estimate of drug-likeness (QED) is 0.886. The molecular formula is C12H13ClFNO2. The van der Waals surface area contributed by atoms with Crippen molar-refractivity contribution < 1.29 is 14.3 Å². The molecule has 17 heavy (non-hydrogen) atoms. The number of hydrogen-bond donors (Lipinski definition) is 1. The van der Waals surface area contributed by atoms with Crippen LogP contribution in [0.1, 0.15) is 13.3 Å². The van der Waals surface area contributed by atoms with E-state index in [-0.39, 0.29) is 5.02 Å². The highest BCUT2D eigenvalue weighted by molar-refractivity contribution is 6.30. The number of carboxylic acid groups (broad SMARTS) is 1. The Hall–Kier alpha value is -1.29. The van der Waals surface area contributed by atoms with Crippen molar-refractivity contribution in [2.75, 3.05) is 18.0 Å². The van der Waals surface area contributed by atoms with Crippen LogP contribution in [0.15, 0.2) is 18.2 Å². The molecule has 1 fully saturated rings. The SMILES string of the molecule is CC1(C(=O)O)CCN(c2ccc(Cl)c(F)c2)C1. The molecular weight excluding hydrogens is 245 g/mol. The number of rotatable bonds is 2. The standard InChI is InChI=1S/C12H13ClFNO2/c1-12(11(16)17)4-5-15(7-12)8-2-3-9(13)10(14)6-8/h2-3,6H,4-5,7H2,1H3,(H,16,17). The first-order valence-electron chi connectivity index (χ1n) is 5.36. The van der Waals surface area contributed by atoms with Crippen molar-refractivity contribution in [3.63, 3.8) is 0 Å². The third kappa shape index (κ3) is 2.22. The van der Waals surface area contributed by atoms with Gasteiger partial charge in [-0.05, 0) is 31.5 Å². The predicted octanol–water partition coefficient (Wildman–Crippen LogP) is 2.78. The third-order valence-electron chi connectivity index (χ3n) is 3.26. The van der Waals surface area contributed by atoms with E-state index >= 15 is 0 Å². The van der Waals surface area contributed by atoms with E-state index < -0.39 is 17.2 Å². The Morgan fingerprint density at radius 3 is 2.82 bits per heavy atom. The topological polar surface area (TPSA) is 40.5 Å². The smallest absolute Gasteiger partial charge is 0.311 e. The van der Waals surface area contributed by atoms with Gasteiger partial charge in [-0.15, -0.1) is 0 Å². The van der Waals surface area contributed by atoms with Gasteiger partial charge >= 0.3 is 5.97 Å². The Balaban J connectivity index is 2.21.